The molecule has 0 bridgehead atoms. The van der Waals surface area contributed by atoms with Crippen molar-refractivity contribution in [3.63, 3.8) is 0 Å². The molecule has 1 N–H and O–H groups in total. The van der Waals surface area contributed by atoms with Gasteiger partial charge in [-0.1, -0.05) is 38.1 Å². The van der Waals surface area contributed by atoms with E-state index in [9.17, 15) is 0 Å². The van der Waals surface area contributed by atoms with Gasteiger partial charge in [-0.3, -0.25) is 4.98 Å². The van der Waals surface area contributed by atoms with Gasteiger partial charge in [0.25, 0.3) is 0 Å². The van der Waals surface area contributed by atoms with Crippen LogP contribution in [0.25, 0.3) is 11.1 Å². The number of piperidine rings is 1. The first-order valence-electron chi connectivity index (χ1n) is 9.42. The number of hydrogen-bond donors (Lipinski definition) is 1. The highest BCUT2D eigenvalue weighted by molar-refractivity contribution is 5.63. The Morgan fingerprint density at radius 1 is 1.08 bits per heavy atom. The first kappa shape index (κ1) is 15.8. The predicted octanol–water partition coefficient (Wildman–Crippen LogP) is 4.80. The Morgan fingerprint density at radius 2 is 1.83 bits per heavy atom. The molecule has 2 aromatic rings. The van der Waals surface area contributed by atoms with E-state index < -0.39 is 0 Å². The molecule has 1 aliphatic heterocycles. The summed E-state index contributed by atoms with van der Waals surface area (Å²) in [5, 5.41) is 3.49. The Hall–Kier alpha value is -1.67. The van der Waals surface area contributed by atoms with Crippen LogP contribution >= 0.6 is 0 Å². The quantitative estimate of drug-likeness (QED) is 0.875. The fraction of sp³-hybridized carbons (Fsp3) is 0.500. The van der Waals surface area contributed by atoms with Crippen molar-refractivity contribution in [2.45, 2.75) is 45.4 Å². The van der Waals surface area contributed by atoms with E-state index in [4.69, 9.17) is 0 Å². The molecule has 24 heavy (non-hydrogen) atoms. The van der Waals surface area contributed by atoms with Crippen LogP contribution < -0.4 is 5.32 Å². The zero-order valence-corrected chi connectivity index (χ0v) is 14.9. The molecule has 1 saturated carbocycles. The number of rotatable bonds is 4. The topological polar surface area (TPSA) is 24.9 Å². The highest BCUT2D eigenvalue weighted by Gasteiger charge is 2.53. The highest BCUT2D eigenvalue weighted by atomic mass is 14.9. The summed E-state index contributed by atoms with van der Waals surface area (Å²) in [6.07, 6.45) is 7.25. The number of pyridine rings is 1. The Bertz CT molecular complexity index is 696. The van der Waals surface area contributed by atoms with Gasteiger partial charge in [-0.2, -0.15) is 0 Å². The molecular formula is C22H28N2. The second kappa shape index (κ2) is 6.33. The zero-order chi connectivity index (χ0) is 16.6. The highest BCUT2D eigenvalue weighted by Crippen LogP contribution is 2.59. The van der Waals surface area contributed by atoms with Crippen LogP contribution in [0, 0.1) is 11.3 Å². The maximum atomic E-state index is 4.65. The van der Waals surface area contributed by atoms with E-state index in [1.807, 2.05) is 6.20 Å². The summed E-state index contributed by atoms with van der Waals surface area (Å²) in [7, 11) is 0. The average Bonchev–Trinajstić information content (AvgIpc) is 3.26. The molecule has 1 saturated heterocycles. The number of hydrogen-bond acceptors (Lipinski definition) is 2. The molecule has 126 valence electrons. The van der Waals surface area contributed by atoms with E-state index in [1.54, 1.807) is 0 Å². The van der Waals surface area contributed by atoms with Crippen molar-refractivity contribution in [3.05, 3.63) is 53.9 Å². The lowest BCUT2D eigenvalue weighted by molar-refractivity contribution is 0.322. The molecule has 1 aromatic carbocycles. The Balaban J connectivity index is 1.48. The molecule has 2 heteroatoms. The molecule has 2 fully saturated rings. The second-order valence-electron chi connectivity index (χ2n) is 8.03. The van der Waals surface area contributed by atoms with E-state index in [0.29, 0.717) is 11.3 Å². The molecule has 2 aliphatic rings. The van der Waals surface area contributed by atoms with E-state index in [-0.39, 0.29) is 0 Å². The first-order valence-corrected chi connectivity index (χ1v) is 9.42. The molecule has 1 spiro atoms. The Kier molecular flexibility index (Phi) is 4.17. The average molecular weight is 320 g/mol. The number of nitrogens with one attached hydrogen (secondary N) is 1. The molecule has 0 amide bonds. The predicted molar refractivity (Wildman–Crippen MR) is 100 cm³/mol. The first-order chi connectivity index (χ1) is 11.7. The third kappa shape index (κ3) is 3.12. The molecule has 1 atom stereocenters. The number of benzene rings is 1. The summed E-state index contributed by atoms with van der Waals surface area (Å²) < 4.78 is 0. The largest absolute Gasteiger partial charge is 0.317 e. The summed E-state index contributed by atoms with van der Waals surface area (Å²) in [6.45, 7) is 6.88. The van der Waals surface area contributed by atoms with Crippen LogP contribution in [0.15, 0.2) is 42.6 Å². The van der Waals surface area contributed by atoms with Crippen molar-refractivity contribution in [2.24, 2.45) is 11.3 Å². The van der Waals surface area contributed by atoms with Gasteiger partial charge in [0.1, 0.15) is 0 Å². The lowest BCUT2D eigenvalue weighted by Crippen LogP contribution is -2.30. The number of nitrogens with zero attached hydrogens (tertiary/aromatic N) is 1. The number of aromatic nitrogens is 1. The third-order valence-corrected chi connectivity index (χ3v) is 6.14. The van der Waals surface area contributed by atoms with Crippen LogP contribution in [0.4, 0.5) is 0 Å². The second-order valence-corrected chi connectivity index (χ2v) is 8.03. The Labute approximate surface area is 145 Å². The van der Waals surface area contributed by atoms with Gasteiger partial charge >= 0.3 is 0 Å². The van der Waals surface area contributed by atoms with E-state index in [2.05, 4.69) is 60.5 Å². The van der Waals surface area contributed by atoms with Gasteiger partial charge in [-0.05, 0) is 84.8 Å². The third-order valence-electron chi connectivity index (χ3n) is 6.14. The molecular weight excluding hydrogens is 292 g/mol. The van der Waals surface area contributed by atoms with Crippen molar-refractivity contribution < 1.29 is 0 Å². The maximum absolute atomic E-state index is 4.65. The summed E-state index contributed by atoms with van der Waals surface area (Å²) >= 11 is 0. The van der Waals surface area contributed by atoms with Crippen molar-refractivity contribution in [3.8, 4) is 11.1 Å². The van der Waals surface area contributed by atoms with Crippen molar-refractivity contribution >= 4 is 0 Å². The van der Waals surface area contributed by atoms with Crippen molar-refractivity contribution in [1.82, 2.24) is 10.3 Å². The van der Waals surface area contributed by atoms with Gasteiger partial charge in [0.2, 0.25) is 0 Å². The monoisotopic (exact) mass is 320 g/mol. The molecule has 2 heterocycles. The molecule has 1 aliphatic carbocycles. The van der Waals surface area contributed by atoms with Gasteiger partial charge in [-0.25, -0.2) is 0 Å². The van der Waals surface area contributed by atoms with E-state index in [1.165, 1.54) is 54.7 Å². The van der Waals surface area contributed by atoms with E-state index in [0.717, 1.165) is 12.3 Å². The van der Waals surface area contributed by atoms with Gasteiger partial charge in [0.15, 0.2) is 0 Å². The smallest absolute Gasteiger partial charge is 0.0412 e. The summed E-state index contributed by atoms with van der Waals surface area (Å²) in [5.74, 6) is 1.44. The normalized spacial score (nSPS) is 22.0. The van der Waals surface area contributed by atoms with Crippen LogP contribution in [-0.4, -0.2) is 18.1 Å². The zero-order valence-electron chi connectivity index (χ0n) is 14.9. The molecule has 4 rings (SSSR count). The molecule has 1 aromatic heterocycles. The maximum Gasteiger partial charge on any atom is 0.0412 e. The van der Waals surface area contributed by atoms with Crippen molar-refractivity contribution in [2.75, 3.05) is 13.1 Å². The van der Waals surface area contributed by atoms with Crippen LogP contribution in [-0.2, 0) is 6.42 Å². The minimum Gasteiger partial charge on any atom is -0.317 e. The lowest BCUT2D eigenvalue weighted by Gasteiger charge is -2.23. The van der Waals surface area contributed by atoms with Crippen LogP contribution in [0.5, 0.6) is 0 Å². The fourth-order valence-corrected chi connectivity index (χ4v) is 4.34. The van der Waals surface area contributed by atoms with Gasteiger partial charge in [0, 0.05) is 11.9 Å². The molecule has 0 radical (unpaired) electrons. The molecule has 1 unspecified atom stereocenters. The van der Waals surface area contributed by atoms with Crippen molar-refractivity contribution in [1.29, 1.82) is 0 Å². The van der Waals surface area contributed by atoms with Gasteiger partial charge in [0.05, 0.1) is 0 Å². The summed E-state index contributed by atoms with van der Waals surface area (Å²) in [6, 6.07) is 13.5. The Morgan fingerprint density at radius 3 is 2.54 bits per heavy atom. The molecule has 2 nitrogen and oxygen atoms in total. The van der Waals surface area contributed by atoms with Gasteiger partial charge in [-0.15, -0.1) is 0 Å². The fourth-order valence-electron chi connectivity index (χ4n) is 4.34. The van der Waals surface area contributed by atoms with Crippen LogP contribution in [0.1, 0.15) is 50.3 Å². The standard InChI is InChI=1S/C22H28N2/c1-16(2)17-3-5-18(6-4-17)19-7-10-24-21(13-19)14-20-15-22(20)8-11-23-12-9-22/h3-7,10,13,16,20,23H,8-9,11-12,14-15H2,1-2H3. The minimum absolute atomic E-state index is 0.586. The van der Waals surface area contributed by atoms with E-state index >= 15 is 0 Å². The van der Waals surface area contributed by atoms with Crippen LogP contribution in [0.3, 0.4) is 0 Å². The lowest BCUT2D eigenvalue weighted by atomic mass is 9.90. The minimum atomic E-state index is 0.586. The van der Waals surface area contributed by atoms with Crippen LogP contribution in [0.2, 0.25) is 0 Å². The summed E-state index contributed by atoms with van der Waals surface area (Å²) in [4.78, 5) is 4.65. The summed E-state index contributed by atoms with van der Waals surface area (Å²) in [5.41, 5.74) is 5.91. The SMILES string of the molecule is CC(C)c1ccc(-c2ccnc(CC3CC34CCNCC4)c2)cc1. The van der Waals surface area contributed by atoms with Gasteiger partial charge < -0.3 is 5.32 Å².